The second-order valence-electron chi connectivity index (χ2n) is 4.94. The molecule has 0 saturated heterocycles. The molecule has 0 bridgehead atoms. The number of nitrogens with two attached hydrogens (primary N) is 1. The molecule has 0 saturated carbocycles. The van der Waals surface area contributed by atoms with Crippen molar-refractivity contribution < 1.29 is 4.74 Å². The van der Waals surface area contributed by atoms with E-state index >= 15 is 0 Å². The van der Waals surface area contributed by atoms with Crippen LogP contribution in [-0.2, 0) is 0 Å². The summed E-state index contributed by atoms with van der Waals surface area (Å²) in [6.45, 7) is 7.88. The molecule has 0 radical (unpaired) electrons. The maximum atomic E-state index is 5.87. The Morgan fingerprint density at radius 1 is 1.40 bits per heavy atom. The van der Waals surface area contributed by atoms with Gasteiger partial charge in [-0.05, 0) is 27.7 Å². The van der Waals surface area contributed by atoms with E-state index in [9.17, 15) is 0 Å². The third-order valence-electron chi connectivity index (χ3n) is 2.87. The number of aromatic nitrogens is 3. The first-order valence-electron chi connectivity index (χ1n) is 6.38. The average Bonchev–Trinajstić information content (AvgIpc) is 2.75. The van der Waals surface area contributed by atoms with Crippen LogP contribution in [0.5, 0.6) is 11.5 Å². The van der Waals surface area contributed by atoms with E-state index in [1.165, 1.54) is 0 Å². The molecule has 106 valence electrons. The van der Waals surface area contributed by atoms with Gasteiger partial charge in [0.05, 0.1) is 23.7 Å². The maximum absolute atomic E-state index is 5.87. The van der Waals surface area contributed by atoms with Gasteiger partial charge in [-0.15, -0.1) is 0 Å². The normalized spacial score (nSPS) is 10.8. The van der Waals surface area contributed by atoms with Crippen molar-refractivity contribution in [2.75, 3.05) is 0 Å². The number of nitrogens with zero attached hydrogens (tertiary/aromatic N) is 3. The lowest BCUT2D eigenvalue weighted by atomic mass is 10.1. The van der Waals surface area contributed by atoms with Gasteiger partial charge in [0.15, 0.2) is 5.75 Å². The average molecular weight is 290 g/mol. The van der Waals surface area contributed by atoms with Crippen molar-refractivity contribution in [2.24, 2.45) is 5.73 Å². The molecular weight excluding hydrogens is 272 g/mol. The van der Waals surface area contributed by atoms with Crippen molar-refractivity contribution in [3.05, 3.63) is 35.4 Å². The van der Waals surface area contributed by atoms with E-state index in [2.05, 4.69) is 23.9 Å². The first kappa shape index (κ1) is 14.5. The smallest absolute Gasteiger partial charge is 0.165 e. The predicted octanol–water partition coefficient (Wildman–Crippen LogP) is 2.90. The molecule has 20 heavy (non-hydrogen) atoms. The molecule has 5 nitrogen and oxygen atoms in total. The van der Waals surface area contributed by atoms with Crippen LogP contribution in [0.1, 0.15) is 36.8 Å². The Labute approximate surface area is 123 Å². The van der Waals surface area contributed by atoms with Gasteiger partial charge in [0.1, 0.15) is 10.7 Å². The first-order valence-corrected chi connectivity index (χ1v) is 6.79. The molecular formula is C14H18N4OS. The van der Waals surface area contributed by atoms with E-state index in [0.29, 0.717) is 17.1 Å². The van der Waals surface area contributed by atoms with Gasteiger partial charge in [0.25, 0.3) is 0 Å². The van der Waals surface area contributed by atoms with Gasteiger partial charge in [-0.3, -0.25) is 9.67 Å². The highest BCUT2D eigenvalue weighted by Crippen LogP contribution is 2.28. The molecule has 2 N–H and O–H groups in total. The Morgan fingerprint density at radius 3 is 2.65 bits per heavy atom. The van der Waals surface area contributed by atoms with Gasteiger partial charge in [0, 0.05) is 17.8 Å². The Kier molecular flexibility index (Phi) is 4.04. The van der Waals surface area contributed by atoms with Gasteiger partial charge in [0.2, 0.25) is 0 Å². The third-order valence-corrected chi connectivity index (χ3v) is 3.08. The van der Waals surface area contributed by atoms with Gasteiger partial charge >= 0.3 is 0 Å². The standard InChI is InChI=1S/C14H18N4OS/c1-8(2)18-7-11(6-16-18)19-12-5-9(3)17-10(4)13(12)14(15)20/h5-8H,1-4H3,(H2,15,20). The Morgan fingerprint density at radius 2 is 2.10 bits per heavy atom. The van der Waals surface area contributed by atoms with Crippen molar-refractivity contribution in [3.8, 4) is 11.5 Å². The van der Waals surface area contributed by atoms with Crippen LogP contribution in [0.25, 0.3) is 0 Å². The molecule has 0 amide bonds. The van der Waals surface area contributed by atoms with Gasteiger partial charge in [-0.1, -0.05) is 12.2 Å². The summed E-state index contributed by atoms with van der Waals surface area (Å²) in [4.78, 5) is 4.64. The van der Waals surface area contributed by atoms with Crippen molar-refractivity contribution in [1.29, 1.82) is 0 Å². The van der Waals surface area contributed by atoms with E-state index in [4.69, 9.17) is 22.7 Å². The summed E-state index contributed by atoms with van der Waals surface area (Å²) in [5.41, 5.74) is 8.06. The zero-order valence-electron chi connectivity index (χ0n) is 12.0. The minimum absolute atomic E-state index is 0.279. The molecule has 6 heteroatoms. The largest absolute Gasteiger partial charge is 0.453 e. The summed E-state index contributed by atoms with van der Waals surface area (Å²) in [7, 11) is 0. The van der Waals surface area contributed by atoms with Gasteiger partial charge in [-0.25, -0.2) is 0 Å². The van der Waals surface area contributed by atoms with Crippen molar-refractivity contribution in [3.63, 3.8) is 0 Å². The molecule has 0 atom stereocenters. The van der Waals surface area contributed by atoms with Crippen LogP contribution in [0.4, 0.5) is 0 Å². The van der Waals surface area contributed by atoms with E-state index < -0.39 is 0 Å². The van der Waals surface area contributed by atoms with Gasteiger partial charge in [-0.2, -0.15) is 5.10 Å². The summed E-state index contributed by atoms with van der Waals surface area (Å²) in [5, 5.41) is 4.24. The van der Waals surface area contributed by atoms with Crippen molar-refractivity contribution >= 4 is 17.2 Å². The second kappa shape index (κ2) is 5.58. The quantitative estimate of drug-likeness (QED) is 0.877. The fourth-order valence-electron chi connectivity index (χ4n) is 1.96. The summed E-state index contributed by atoms with van der Waals surface area (Å²) in [6, 6.07) is 2.11. The fraction of sp³-hybridized carbons (Fsp3) is 0.357. The number of hydrogen-bond acceptors (Lipinski definition) is 4. The number of thiocarbonyl (C=S) groups is 1. The molecule has 2 aromatic rings. The van der Waals surface area contributed by atoms with Crippen molar-refractivity contribution in [1.82, 2.24) is 14.8 Å². The Balaban J connectivity index is 2.39. The van der Waals surface area contributed by atoms with Crippen LogP contribution in [0.2, 0.25) is 0 Å². The zero-order chi connectivity index (χ0) is 14.9. The number of pyridine rings is 1. The lowest BCUT2D eigenvalue weighted by molar-refractivity contribution is 0.474. The lowest BCUT2D eigenvalue weighted by Crippen LogP contribution is -2.14. The molecule has 0 spiro atoms. The van der Waals surface area contributed by atoms with Crippen LogP contribution in [0, 0.1) is 13.8 Å². The first-order chi connectivity index (χ1) is 9.38. The van der Waals surface area contributed by atoms with Crippen LogP contribution >= 0.6 is 12.2 Å². The molecule has 0 fully saturated rings. The molecule has 2 rings (SSSR count). The highest BCUT2D eigenvalue weighted by molar-refractivity contribution is 7.80. The van der Waals surface area contributed by atoms with Crippen LogP contribution in [-0.4, -0.2) is 19.8 Å². The van der Waals surface area contributed by atoms with Crippen molar-refractivity contribution in [2.45, 2.75) is 33.7 Å². The van der Waals surface area contributed by atoms with E-state index in [0.717, 1.165) is 11.4 Å². The SMILES string of the molecule is Cc1cc(Oc2cnn(C(C)C)c2)c(C(N)=S)c(C)n1. The summed E-state index contributed by atoms with van der Waals surface area (Å²) in [5.74, 6) is 1.27. The molecule has 0 aromatic carbocycles. The molecule has 0 aliphatic carbocycles. The van der Waals surface area contributed by atoms with E-state index in [1.807, 2.05) is 30.8 Å². The van der Waals surface area contributed by atoms with Gasteiger partial charge < -0.3 is 10.5 Å². The molecule has 0 unspecified atom stereocenters. The summed E-state index contributed by atoms with van der Waals surface area (Å²) < 4.78 is 7.70. The molecule has 2 aromatic heterocycles. The molecule has 0 aliphatic heterocycles. The highest BCUT2D eigenvalue weighted by Gasteiger charge is 2.14. The minimum atomic E-state index is 0.279. The third kappa shape index (κ3) is 2.96. The molecule has 2 heterocycles. The second-order valence-corrected chi connectivity index (χ2v) is 5.38. The molecule has 0 aliphatic rings. The Hall–Kier alpha value is -1.95. The fourth-order valence-corrected chi connectivity index (χ4v) is 2.20. The maximum Gasteiger partial charge on any atom is 0.165 e. The summed E-state index contributed by atoms with van der Waals surface area (Å²) >= 11 is 5.08. The Bertz CT molecular complexity index is 649. The van der Waals surface area contributed by atoms with E-state index in [1.54, 1.807) is 6.20 Å². The van der Waals surface area contributed by atoms with Crippen LogP contribution in [0.15, 0.2) is 18.5 Å². The van der Waals surface area contributed by atoms with Crippen LogP contribution < -0.4 is 10.5 Å². The monoisotopic (exact) mass is 290 g/mol. The number of rotatable bonds is 4. The number of aryl methyl sites for hydroxylation is 2. The minimum Gasteiger partial charge on any atom is -0.453 e. The topological polar surface area (TPSA) is 66.0 Å². The number of hydrogen-bond donors (Lipinski definition) is 1. The van der Waals surface area contributed by atoms with E-state index in [-0.39, 0.29) is 11.0 Å². The van der Waals surface area contributed by atoms with Crippen LogP contribution in [0.3, 0.4) is 0 Å². The summed E-state index contributed by atoms with van der Waals surface area (Å²) in [6.07, 6.45) is 3.52. The predicted molar refractivity (Wildman–Crippen MR) is 82.3 cm³/mol. The number of ether oxygens (including phenoxy) is 1. The lowest BCUT2D eigenvalue weighted by Gasteiger charge is -2.12. The highest BCUT2D eigenvalue weighted by atomic mass is 32.1. The zero-order valence-corrected chi connectivity index (χ0v) is 12.9.